The minimum Gasteiger partial charge on any atom is -0.497 e. The summed E-state index contributed by atoms with van der Waals surface area (Å²) in [5.74, 6) is 2.06. The maximum atomic E-state index is 12.9. The molecule has 0 spiro atoms. The van der Waals surface area contributed by atoms with Crippen LogP contribution >= 0.6 is 0 Å². The minimum atomic E-state index is -0.0122. The lowest BCUT2D eigenvalue weighted by molar-refractivity contribution is 0.0746. The number of amides is 1. The summed E-state index contributed by atoms with van der Waals surface area (Å²) in [5.41, 5.74) is 1.64. The van der Waals surface area contributed by atoms with Crippen molar-refractivity contribution in [3.05, 3.63) is 48.0 Å². The third kappa shape index (κ3) is 3.69. The molecule has 1 saturated heterocycles. The minimum absolute atomic E-state index is 0.0122. The van der Waals surface area contributed by atoms with Crippen LogP contribution in [0, 0.1) is 0 Å². The van der Waals surface area contributed by atoms with Gasteiger partial charge in [0.05, 0.1) is 27.0 Å². The second-order valence-corrected chi connectivity index (χ2v) is 6.05. The lowest BCUT2D eigenvalue weighted by Gasteiger charge is -2.36. The van der Waals surface area contributed by atoms with Crippen molar-refractivity contribution in [3.63, 3.8) is 0 Å². The van der Waals surface area contributed by atoms with Gasteiger partial charge in [-0.1, -0.05) is 12.1 Å². The van der Waals surface area contributed by atoms with Crippen LogP contribution in [0.4, 0.5) is 5.69 Å². The topological polar surface area (TPSA) is 51.2 Å². The quantitative estimate of drug-likeness (QED) is 0.824. The number of carbonyl (C=O) groups excluding carboxylic acids is 1. The van der Waals surface area contributed by atoms with Gasteiger partial charge >= 0.3 is 0 Å². The lowest BCUT2D eigenvalue weighted by Crippen LogP contribution is -2.48. The van der Waals surface area contributed by atoms with E-state index in [2.05, 4.69) is 4.90 Å². The Kier molecular flexibility index (Phi) is 5.51. The Morgan fingerprint density at radius 1 is 0.846 bits per heavy atom. The average Bonchev–Trinajstić information content (AvgIpc) is 2.72. The average molecular weight is 356 g/mol. The van der Waals surface area contributed by atoms with Crippen LogP contribution in [-0.4, -0.2) is 58.3 Å². The number of ether oxygens (including phenoxy) is 3. The number of benzene rings is 2. The monoisotopic (exact) mass is 356 g/mol. The highest BCUT2D eigenvalue weighted by Gasteiger charge is 2.24. The van der Waals surface area contributed by atoms with Gasteiger partial charge in [0.1, 0.15) is 17.2 Å². The molecule has 1 amide bonds. The van der Waals surface area contributed by atoms with Crippen molar-refractivity contribution in [1.82, 2.24) is 4.90 Å². The highest BCUT2D eigenvalue weighted by molar-refractivity contribution is 5.95. The summed E-state index contributed by atoms with van der Waals surface area (Å²) < 4.78 is 16.0. The van der Waals surface area contributed by atoms with E-state index in [4.69, 9.17) is 14.2 Å². The van der Waals surface area contributed by atoms with Gasteiger partial charge in [-0.15, -0.1) is 0 Å². The number of hydrogen-bond donors (Lipinski definition) is 0. The summed E-state index contributed by atoms with van der Waals surface area (Å²) in [4.78, 5) is 17.0. The molecule has 26 heavy (non-hydrogen) atoms. The maximum absolute atomic E-state index is 12.9. The first kappa shape index (κ1) is 17.9. The van der Waals surface area contributed by atoms with Gasteiger partial charge in [-0.25, -0.2) is 0 Å². The summed E-state index contributed by atoms with van der Waals surface area (Å²) in [6, 6.07) is 13.2. The van der Waals surface area contributed by atoms with Gasteiger partial charge in [0, 0.05) is 37.8 Å². The molecule has 3 rings (SSSR count). The number of para-hydroxylation sites is 2. The van der Waals surface area contributed by atoms with E-state index < -0.39 is 0 Å². The van der Waals surface area contributed by atoms with Gasteiger partial charge in [0.25, 0.3) is 5.91 Å². The molecule has 0 saturated carbocycles. The third-order valence-electron chi connectivity index (χ3n) is 4.59. The fourth-order valence-corrected chi connectivity index (χ4v) is 3.15. The molecule has 6 heteroatoms. The molecule has 0 aliphatic carbocycles. The van der Waals surface area contributed by atoms with Crippen LogP contribution in [0.2, 0.25) is 0 Å². The fraction of sp³-hybridized carbons (Fsp3) is 0.350. The predicted molar refractivity (Wildman–Crippen MR) is 101 cm³/mol. The second kappa shape index (κ2) is 7.99. The van der Waals surface area contributed by atoms with Crippen molar-refractivity contribution in [2.45, 2.75) is 0 Å². The molecule has 0 bridgehead atoms. The van der Waals surface area contributed by atoms with Crippen molar-refractivity contribution in [1.29, 1.82) is 0 Å². The number of piperazine rings is 1. The summed E-state index contributed by atoms with van der Waals surface area (Å²) in [5, 5.41) is 0. The Balaban J connectivity index is 1.71. The van der Waals surface area contributed by atoms with E-state index in [1.807, 2.05) is 29.2 Å². The fourth-order valence-electron chi connectivity index (χ4n) is 3.15. The zero-order chi connectivity index (χ0) is 18.5. The number of nitrogens with zero attached hydrogens (tertiary/aromatic N) is 2. The van der Waals surface area contributed by atoms with E-state index in [9.17, 15) is 4.79 Å². The van der Waals surface area contributed by atoms with Crippen LogP contribution < -0.4 is 19.1 Å². The van der Waals surface area contributed by atoms with Crippen LogP contribution in [0.25, 0.3) is 0 Å². The molecule has 0 unspecified atom stereocenters. The lowest BCUT2D eigenvalue weighted by atomic mass is 10.1. The van der Waals surface area contributed by atoms with Gasteiger partial charge in [-0.3, -0.25) is 4.79 Å². The zero-order valence-electron chi connectivity index (χ0n) is 15.4. The van der Waals surface area contributed by atoms with Crippen molar-refractivity contribution in [2.75, 3.05) is 52.4 Å². The van der Waals surface area contributed by atoms with E-state index in [1.165, 1.54) is 0 Å². The van der Waals surface area contributed by atoms with Crippen LogP contribution in [0.3, 0.4) is 0 Å². The van der Waals surface area contributed by atoms with Gasteiger partial charge < -0.3 is 24.0 Å². The van der Waals surface area contributed by atoms with E-state index in [-0.39, 0.29) is 5.91 Å². The van der Waals surface area contributed by atoms with Crippen molar-refractivity contribution < 1.29 is 19.0 Å². The van der Waals surface area contributed by atoms with Gasteiger partial charge in [0.2, 0.25) is 0 Å². The van der Waals surface area contributed by atoms with E-state index in [1.54, 1.807) is 39.5 Å². The molecular weight excluding hydrogens is 332 g/mol. The zero-order valence-corrected chi connectivity index (χ0v) is 15.4. The number of rotatable bonds is 5. The summed E-state index contributed by atoms with van der Waals surface area (Å²) >= 11 is 0. The molecule has 1 aliphatic heterocycles. The highest BCUT2D eigenvalue weighted by Crippen LogP contribution is 2.29. The first-order chi connectivity index (χ1) is 12.7. The molecule has 2 aromatic carbocycles. The molecule has 2 aromatic rings. The van der Waals surface area contributed by atoms with Crippen LogP contribution in [0.5, 0.6) is 17.2 Å². The van der Waals surface area contributed by atoms with Gasteiger partial charge in [0.15, 0.2) is 0 Å². The SMILES string of the molecule is COc1cc(OC)cc(C(=O)N2CCN(c3ccccc3OC)CC2)c1. The van der Waals surface area contributed by atoms with E-state index >= 15 is 0 Å². The van der Waals surface area contributed by atoms with Crippen LogP contribution in [0.1, 0.15) is 10.4 Å². The van der Waals surface area contributed by atoms with Crippen LogP contribution in [0.15, 0.2) is 42.5 Å². The van der Waals surface area contributed by atoms with E-state index in [0.717, 1.165) is 24.5 Å². The second-order valence-electron chi connectivity index (χ2n) is 6.05. The molecule has 0 atom stereocenters. The maximum Gasteiger partial charge on any atom is 0.254 e. The molecule has 1 fully saturated rings. The number of carbonyl (C=O) groups is 1. The first-order valence-electron chi connectivity index (χ1n) is 8.56. The molecule has 0 aromatic heterocycles. The first-order valence-corrected chi connectivity index (χ1v) is 8.56. The number of hydrogen-bond acceptors (Lipinski definition) is 5. The molecule has 1 heterocycles. The Labute approximate surface area is 153 Å². The van der Waals surface area contributed by atoms with Crippen LogP contribution in [-0.2, 0) is 0 Å². The molecule has 0 radical (unpaired) electrons. The molecular formula is C20H24N2O4. The Morgan fingerprint density at radius 3 is 2.04 bits per heavy atom. The normalized spacial score (nSPS) is 14.1. The summed E-state index contributed by atoms with van der Waals surface area (Å²) in [6.45, 7) is 2.81. The molecule has 138 valence electrons. The molecule has 0 N–H and O–H groups in total. The third-order valence-corrected chi connectivity index (χ3v) is 4.59. The van der Waals surface area contributed by atoms with Gasteiger partial charge in [-0.2, -0.15) is 0 Å². The van der Waals surface area contributed by atoms with E-state index in [0.29, 0.717) is 30.2 Å². The molecule has 1 aliphatic rings. The smallest absolute Gasteiger partial charge is 0.254 e. The number of methoxy groups -OCH3 is 3. The van der Waals surface area contributed by atoms with Gasteiger partial charge in [-0.05, 0) is 24.3 Å². The van der Waals surface area contributed by atoms with Crippen molar-refractivity contribution >= 4 is 11.6 Å². The number of anilines is 1. The van der Waals surface area contributed by atoms with Crippen molar-refractivity contribution in [3.8, 4) is 17.2 Å². The Hall–Kier alpha value is -2.89. The molecule has 6 nitrogen and oxygen atoms in total. The Bertz CT molecular complexity index is 748. The highest BCUT2D eigenvalue weighted by atomic mass is 16.5. The predicted octanol–water partition coefficient (Wildman–Crippen LogP) is 2.67. The largest absolute Gasteiger partial charge is 0.497 e. The Morgan fingerprint density at radius 2 is 1.46 bits per heavy atom. The standard InChI is InChI=1S/C20H24N2O4/c1-24-16-12-15(13-17(14-16)25-2)20(23)22-10-8-21(9-11-22)18-6-4-5-7-19(18)26-3/h4-7,12-14H,8-11H2,1-3H3. The summed E-state index contributed by atoms with van der Waals surface area (Å²) in [6.07, 6.45) is 0. The summed E-state index contributed by atoms with van der Waals surface area (Å²) in [7, 11) is 4.83. The van der Waals surface area contributed by atoms with Crippen molar-refractivity contribution in [2.24, 2.45) is 0 Å².